The summed E-state index contributed by atoms with van der Waals surface area (Å²) >= 11 is 0. The summed E-state index contributed by atoms with van der Waals surface area (Å²) in [6.07, 6.45) is 10.6. The summed E-state index contributed by atoms with van der Waals surface area (Å²) in [4.78, 5) is 23.5. The highest BCUT2D eigenvalue weighted by atomic mass is 16.2. The summed E-state index contributed by atoms with van der Waals surface area (Å²) < 4.78 is 0. The minimum atomic E-state index is 0.256. The number of carbonyl (C=O) groups excluding carboxylic acids is 1. The topological polar surface area (TPSA) is 69.6 Å². The molecule has 1 saturated carbocycles. The molecule has 1 amide bonds. The Morgan fingerprint density at radius 1 is 1.28 bits per heavy atom. The van der Waals surface area contributed by atoms with Gasteiger partial charge in [-0.15, -0.1) is 0 Å². The predicted octanol–water partition coefficient (Wildman–Crippen LogP) is 3.17. The van der Waals surface area contributed by atoms with Crippen molar-refractivity contribution in [3.63, 3.8) is 0 Å². The van der Waals surface area contributed by atoms with Gasteiger partial charge in [0.1, 0.15) is 0 Å². The molecular weight excluding hydrogens is 362 g/mol. The number of guanidine groups is 1. The van der Waals surface area contributed by atoms with Crippen molar-refractivity contribution in [2.24, 2.45) is 16.8 Å². The highest BCUT2D eigenvalue weighted by molar-refractivity contribution is 5.81. The maximum atomic E-state index is 12.8. The third kappa shape index (κ3) is 5.94. The van der Waals surface area contributed by atoms with Gasteiger partial charge in [-0.05, 0) is 36.8 Å². The number of likely N-dealkylation sites (tertiary alicyclic amines) is 1. The molecule has 1 aliphatic heterocycles. The fourth-order valence-corrected chi connectivity index (χ4v) is 4.61. The standard InChI is InChI=1S/C23H37N5O/c1-17(2)21(19-10-7-12-25-14-19)15-26-23(24-3)27-20-11-13-28(16-20)22(29)18-8-5-4-6-9-18/h7,10,12,14,17-18,20-21H,4-6,8-9,11,13,15-16H2,1-3H3,(H2,24,26,27). The van der Waals surface area contributed by atoms with Gasteiger partial charge in [0.25, 0.3) is 0 Å². The van der Waals surface area contributed by atoms with Crippen LogP contribution in [-0.4, -0.2) is 54.5 Å². The Labute approximate surface area is 175 Å². The summed E-state index contributed by atoms with van der Waals surface area (Å²) in [5.74, 6) is 2.31. The van der Waals surface area contributed by atoms with Crippen LogP contribution in [0.25, 0.3) is 0 Å². The average Bonchev–Trinajstić information content (AvgIpc) is 3.22. The molecular formula is C23H37N5O. The van der Waals surface area contributed by atoms with E-state index < -0.39 is 0 Å². The van der Waals surface area contributed by atoms with Crippen LogP contribution in [0.4, 0.5) is 0 Å². The lowest BCUT2D eigenvalue weighted by molar-refractivity contribution is -0.135. The molecule has 1 aliphatic carbocycles. The van der Waals surface area contributed by atoms with Crippen molar-refractivity contribution in [3.8, 4) is 0 Å². The number of hydrogen-bond donors (Lipinski definition) is 2. The molecule has 6 heteroatoms. The third-order valence-electron chi connectivity index (χ3n) is 6.43. The molecule has 1 saturated heterocycles. The van der Waals surface area contributed by atoms with Gasteiger partial charge in [0, 0.05) is 57.0 Å². The Morgan fingerprint density at radius 3 is 2.72 bits per heavy atom. The molecule has 2 N–H and O–H groups in total. The summed E-state index contributed by atoms with van der Waals surface area (Å²) in [6.45, 7) is 6.92. The Morgan fingerprint density at radius 2 is 2.07 bits per heavy atom. The van der Waals surface area contributed by atoms with E-state index in [1.807, 2.05) is 25.5 Å². The fraction of sp³-hybridized carbons (Fsp3) is 0.696. The first kappa shape index (κ1) is 21.6. The van der Waals surface area contributed by atoms with E-state index >= 15 is 0 Å². The van der Waals surface area contributed by atoms with Crippen LogP contribution >= 0.6 is 0 Å². The second kappa shape index (κ2) is 10.6. The zero-order valence-corrected chi connectivity index (χ0v) is 18.2. The zero-order valence-electron chi connectivity index (χ0n) is 18.2. The van der Waals surface area contributed by atoms with E-state index in [0.717, 1.165) is 44.9 Å². The lowest BCUT2D eigenvalue weighted by atomic mass is 9.88. The van der Waals surface area contributed by atoms with E-state index in [4.69, 9.17) is 0 Å². The second-order valence-corrected chi connectivity index (χ2v) is 8.84. The predicted molar refractivity (Wildman–Crippen MR) is 118 cm³/mol. The van der Waals surface area contributed by atoms with Crippen molar-refractivity contribution in [3.05, 3.63) is 30.1 Å². The monoisotopic (exact) mass is 399 g/mol. The highest BCUT2D eigenvalue weighted by Crippen LogP contribution is 2.27. The van der Waals surface area contributed by atoms with Crippen molar-refractivity contribution in [1.29, 1.82) is 0 Å². The van der Waals surface area contributed by atoms with Gasteiger partial charge in [-0.25, -0.2) is 0 Å². The molecule has 1 aromatic heterocycles. The molecule has 2 unspecified atom stereocenters. The van der Waals surface area contributed by atoms with E-state index in [1.165, 1.54) is 24.8 Å². The Bertz CT molecular complexity index is 669. The molecule has 160 valence electrons. The molecule has 2 heterocycles. The number of nitrogens with one attached hydrogen (secondary N) is 2. The fourth-order valence-electron chi connectivity index (χ4n) is 4.61. The van der Waals surface area contributed by atoms with Crippen molar-refractivity contribution < 1.29 is 4.79 Å². The highest BCUT2D eigenvalue weighted by Gasteiger charge is 2.31. The number of amides is 1. The maximum Gasteiger partial charge on any atom is 0.225 e. The summed E-state index contributed by atoms with van der Waals surface area (Å²) in [5.41, 5.74) is 1.25. The first-order valence-corrected chi connectivity index (χ1v) is 11.2. The summed E-state index contributed by atoms with van der Waals surface area (Å²) in [7, 11) is 1.81. The van der Waals surface area contributed by atoms with Crippen molar-refractivity contribution >= 4 is 11.9 Å². The van der Waals surface area contributed by atoms with Gasteiger partial charge in [0.05, 0.1) is 0 Å². The van der Waals surface area contributed by atoms with Crippen LogP contribution in [0.15, 0.2) is 29.5 Å². The van der Waals surface area contributed by atoms with Crippen molar-refractivity contribution in [2.45, 2.75) is 64.3 Å². The number of pyridine rings is 1. The van der Waals surface area contributed by atoms with Gasteiger partial charge in [-0.1, -0.05) is 39.2 Å². The molecule has 0 aromatic carbocycles. The first-order chi connectivity index (χ1) is 14.1. The number of aromatic nitrogens is 1. The summed E-state index contributed by atoms with van der Waals surface area (Å²) in [5, 5.41) is 7.02. The number of hydrogen-bond acceptors (Lipinski definition) is 3. The Balaban J connectivity index is 1.49. The van der Waals surface area contributed by atoms with Crippen LogP contribution in [0.5, 0.6) is 0 Å². The van der Waals surface area contributed by atoms with Gasteiger partial charge in [0.2, 0.25) is 5.91 Å². The van der Waals surface area contributed by atoms with Crippen LogP contribution in [0.2, 0.25) is 0 Å². The molecule has 0 radical (unpaired) electrons. The van der Waals surface area contributed by atoms with Gasteiger partial charge in [-0.3, -0.25) is 14.8 Å². The second-order valence-electron chi connectivity index (χ2n) is 8.84. The van der Waals surface area contributed by atoms with E-state index in [-0.39, 0.29) is 12.0 Å². The van der Waals surface area contributed by atoms with Gasteiger partial charge < -0.3 is 15.5 Å². The lowest BCUT2D eigenvalue weighted by Gasteiger charge is -2.27. The number of carbonyl (C=O) groups is 1. The van der Waals surface area contributed by atoms with E-state index in [1.54, 1.807) is 0 Å². The normalized spacial score (nSPS) is 22.0. The van der Waals surface area contributed by atoms with Gasteiger partial charge in [-0.2, -0.15) is 0 Å². The van der Waals surface area contributed by atoms with Crippen molar-refractivity contribution in [2.75, 3.05) is 26.7 Å². The van der Waals surface area contributed by atoms with Gasteiger partial charge in [0.15, 0.2) is 5.96 Å². The molecule has 2 fully saturated rings. The van der Waals surface area contributed by atoms with Crippen LogP contribution in [0, 0.1) is 11.8 Å². The first-order valence-electron chi connectivity index (χ1n) is 11.2. The number of nitrogens with zero attached hydrogens (tertiary/aromatic N) is 3. The lowest BCUT2D eigenvalue weighted by Crippen LogP contribution is -2.46. The quantitative estimate of drug-likeness (QED) is 0.569. The van der Waals surface area contributed by atoms with Crippen LogP contribution in [-0.2, 0) is 4.79 Å². The van der Waals surface area contributed by atoms with E-state index in [2.05, 4.69) is 45.4 Å². The smallest absolute Gasteiger partial charge is 0.225 e. The molecule has 3 rings (SSSR count). The molecule has 1 aromatic rings. The average molecular weight is 400 g/mol. The minimum Gasteiger partial charge on any atom is -0.356 e. The Kier molecular flexibility index (Phi) is 7.90. The zero-order chi connectivity index (χ0) is 20.6. The molecule has 6 nitrogen and oxygen atoms in total. The maximum absolute atomic E-state index is 12.8. The van der Waals surface area contributed by atoms with Crippen molar-refractivity contribution in [1.82, 2.24) is 20.5 Å². The van der Waals surface area contributed by atoms with Crippen LogP contribution < -0.4 is 10.6 Å². The molecule has 2 aliphatic rings. The van der Waals surface area contributed by atoms with Crippen LogP contribution in [0.1, 0.15) is 63.9 Å². The molecule has 2 atom stereocenters. The van der Waals surface area contributed by atoms with Crippen LogP contribution in [0.3, 0.4) is 0 Å². The van der Waals surface area contributed by atoms with Gasteiger partial charge >= 0.3 is 0 Å². The number of aliphatic imine (C=N–C) groups is 1. The molecule has 0 spiro atoms. The van der Waals surface area contributed by atoms with E-state index in [9.17, 15) is 4.79 Å². The Hall–Kier alpha value is -2.11. The molecule has 0 bridgehead atoms. The summed E-state index contributed by atoms with van der Waals surface area (Å²) in [6, 6.07) is 4.40. The largest absolute Gasteiger partial charge is 0.356 e. The van der Waals surface area contributed by atoms with E-state index in [0.29, 0.717) is 17.7 Å². The molecule has 29 heavy (non-hydrogen) atoms. The SMILES string of the molecule is CN=C(NCC(c1cccnc1)C(C)C)NC1CCN(C(=O)C2CCCCC2)C1. The third-order valence-corrected chi connectivity index (χ3v) is 6.43. The number of rotatable bonds is 6. The minimum absolute atomic E-state index is 0.256.